The lowest BCUT2D eigenvalue weighted by Crippen LogP contribution is -2.45. The van der Waals surface area contributed by atoms with Crippen LogP contribution in [-0.4, -0.2) is 63.3 Å². The average molecular weight is 411 g/mol. The van der Waals surface area contributed by atoms with E-state index < -0.39 is 29.6 Å². The summed E-state index contributed by atoms with van der Waals surface area (Å²) >= 11 is 0. The molecule has 0 unspecified atom stereocenters. The third-order valence-corrected chi connectivity index (χ3v) is 5.42. The standard InChI is InChI=1S/C19H23F2N3O5/c1-12(25)22-10-14-11-24(18(26)29-14)13-8-15(20)17(16(21)9-13)23-4-2-19(3-5-23)27-6-7-28-19/h8-9,14H,2-7,10-11H2,1H3,(H,22,25)/t14-/m0/s1. The highest BCUT2D eigenvalue weighted by molar-refractivity contribution is 5.90. The van der Waals surface area contributed by atoms with E-state index in [1.54, 1.807) is 4.90 Å². The number of hydrogen-bond donors (Lipinski definition) is 1. The van der Waals surface area contributed by atoms with Crippen molar-refractivity contribution in [3.8, 4) is 0 Å². The predicted octanol–water partition coefficient (Wildman–Crippen LogP) is 1.77. The molecule has 0 bridgehead atoms. The highest BCUT2D eigenvalue weighted by atomic mass is 19.1. The fourth-order valence-electron chi connectivity index (χ4n) is 3.96. The van der Waals surface area contributed by atoms with Gasteiger partial charge in [-0.15, -0.1) is 0 Å². The Morgan fingerprint density at radius 2 is 1.83 bits per heavy atom. The normalized spacial score (nSPS) is 23.6. The summed E-state index contributed by atoms with van der Waals surface area (Å²) in [4.78, 5) is 25.9. The fourth-order valence-corrected chi connectivity index (χ4v) is 3.96. The Balaban J connectivity index is 1.46. The van der Waals surface area contributed by atoms with E-state index in [0.717, 1.165) is 17.0 Å². The third-order valence-electron chi connectivity index (χ3n) is 5.42. The van der Waals surface area contributed by atoms with Crippen LogP contribution in [0, 0.1) is 11.6 Å². The van der Waals surface area contributed by atoms with Gasteiger partial charge in [-0.25, -0.2) is 13.6 Å². The highest BCUT2D eigenvalue weighted by Gasteiger charge is 2.41. The first-order valence-corrected chi connectivity index (χ1v) is 9.61. The summed E-state index contributed by atoms with van der Waals surface area (Å²) < 4.78 is 46.1. The number of cyclic esters (lactones) is 1. The summed E-state index contributed by atoms with van der Waals surface area (Å²) in [6.45, 7) is 3.46. The van der Waals surface area contributed by atoms with E-state index in [2.05, 4.69) is 5.32 Å². The van der Waals surface area contributed by atoms with Gasteiger partial charge in [0.25, 0.3) is 0 Å². The van der Waals surface area contributed by atoms with Crippen LogP contribution in [0.2, 0.25) is 0 Å². The summed E-state index contributed by atoms with van der Waals surface area (Å²) in [6, 6.07) is 2.26. The Hall–Kier alpha value is -2.46. The van der Waals surface area contributed by atoms with E-state index >= 15 is 0 Å². The predicted molar refractivity (Wildman–Crippen MR) is 98.7 cm³/mol. The first kappa shape index (κ1) is 19.8. The molecule has 29 heavy (non-hydrogen) atoms. The smallest absolute Gasteiger partial charge is 0.414 e. The summed E-state index contributed by atoms with van der Waals surface area (Å²) in [7, 11) is 0. The van der Waals surface area contributed by atoms with Gasteiger partial charge < -0.3 is 24.4 Å². The average Bonchev–Trinajstić information content (AvgIpc) is 3.28. The number of halogens is 2. The minimum absolute atomic E-state index is 0.0787. The number of nitrogens with one attached hydrogen (secondary N) is 1. The number of ether oxygens (including phenoxy) is 3. The maximum absolute atomic E-state index is 14.8. The molecule has 3 fully saturated rings. The third kappa shape index (κ3) is 3.99. The molecule has 3 heterocycles. The van der Waals surface area contributed by atoms with Crippen molar-refractivity contribution in [2.45, 2.75) is 31.7 Å². The molecule has 1 aromatic carbocycles. The minimum atomic E-state index is -0.748. The molecule has 2 amide bonds. The second-order valence-corrected chi connectivity index (χ2v) is 7.41. The van der Waals surface area contributed by atoms with Crippen LogP contribution in [-0.2, 0) is 19.0 Å². The van der Waals surface area contributed by atoms with Gasteiger partial charge in [0.05, 0.1) is 32.0 Å². The molecule has 1 aromatic rings. The molecule has 4 rings (SSSR count). The molecule has 8 nitrogen and oxygen atoms in total. The van der Waals surface area contributed by atoms with Crippen LogP contribution in [0.15, 0.2) is 12.1 Å². The zero-order valence-electron chi connectivity index (χ0n) is 16.1. The van der Waals surface area contributed by atoms with Gasteiger partial charge in [-0.2, -0.15) is 0 Å². The molecule has 0 saturated carbocycles. The lowest BCUT2D eigenvalue weighted by atomic mass is 10.0. The molecule has 10 heteroatoms. The lowest BCUT2D eigenvalue weighted by Gasteiger charge is -2.38. The number of anilines is 2. The zero-order valence-corrected chi connectivity index (χ0v) is 16.1. The van der Waals surface area contributed by atoms with E-state index in [9.17, 15) is 18.4 Å². The maximum atomic E-state index is 14.8. The molecule has 3 aliphatic heterocycles. The van der Waals surface area contributed by atoms with Crippen LogP contribution in [0.5, 0.6) is 0 Å². The molecule has 3 aliphatic rings. The molecule has 1 atom stereocenters. The number of carbonyl (C=O) groups excluding carboxylic acids is 2. The molecule has 1 spiro atoms. The summed E-state index contributed by atoms with van der Waals surface area (Å²) in [5, 5.41) is 2.56. The van der Waals surface area contributed by atoms with Crippen LogP contribution < -0.4 is 15.1 Å². The van der Waals surface area contributed by atoms with Crippen LogP contribution in [0.4, 0.5) is 25.0 Å². The van der Waals surface area contributed by atoms with Crippen LogP contribution in [0.25, 0.3) is 0 Å². The second-order valence-electron chi connectivity index (χ2n) is 7.41. The van der Waals surface area contributed by atoms with Crippen LogP contribution in [0.3, 0.4) is 0 Å². The van der Waals surface area contributed by atoms with Gasteiger partial charge in [-0.1, -0.05) is 0 Å². The van der Waals surface area contributed by atoms with Crippen molar-refractivity contribution < 1.29 is 32.6 Å². The van der Waals surface area contributed by atoms with Gasteiger partial charge in [0.1, 0.15) is 11.8 Å². The Morgan fingerprint density at radius 3 is 2.41 bits per heavy atom. The number of hydrogen-bond acceptors (Lipinski definition) is 6. The van der Waals surface area contributed by atoms with Crippen molar-refractivity contribution in [3.63, 3.8) is 0 Å². The van der Waals surface area contributed by atoms with Gasteiger partial charge in [-0.3, -0.25) is 9.69 Å². The van der Waals surface area contributed by atoms with Crippen molar-refractivity contribution in [2.24, 2.45) is 0 Å². The van der Waals surface area contributed by atoms with E-state index in [-0.39, 0.29) is 30.4 Å². The fraction of sp³-hybridized carbons (Fsp3) is 0.579. The molecule has 158 valence electrons. The van der Waals surface area contributed by atoms with Gasteiger partial charge in [0.2, 0.25) is 5.91 Å². The van der Waals surface area contributed by atoms with Crippen molar-refractivity contribution >= 4 is 23.4 Å². The lowest BCUT2D eigenvalue weighted by molar-refractivity contribution is -0.169. The number of benzene rings is 1. The van der Waals surface area contributed by atoms with Gasteiger partial charge in [-0.05, 0) is 0 Å². The number of piperidine rings is 1. The Bertz CT molecular complexity index is 782. The van der Waals surface area contributed by atoms with Crippen molar-refractivity contribution in [1.82, 2.24) is 5.32 Å². The van der Waals surface area contributed by atoms with E-state index in [1.165, 1.54) is 6.92 Å². The Morgan fingerprint density at radius 1 is 1.21 bits per heavy atom. The van der Waals surface area contributed by atoms with E-state index in [1.807, 2.05) is 0 Å². The van der Waals surface area contributed by atoms with Crippen molar-refractivity contribution in [2.75, 3.05) is 49.2 Å². The maximum Gasteiger partial charge on any atom is 0.414 e. The molecule has 1 N–H and O–H groups in total. The Kier molecular flexibility index (Phi) is 5.30. The zero-order chi connectivity index (χ0) is 20.6. The van der Waals surface area contributed by atoms with Crippen LogP contribution >= 0.6 is 0 Å². The van der Waals surface area contributed by atoms with Gasteiger partial charge >= 0.3 is 6.09 Å². The molecule has 3 saturated heterocycles. The number of nitrogens with zero attached hydrogens (tertiary/aromatic N) is 2. The number of carbonyl (C=O) groups is 2. The number of rotatable bonds is 4. The van der Waals surface area contributed by atoms with Crippen molar-refractivity contribution in [3.05, 3.63) is 23.8 Å². The second kappa shape index (κ2) is 7.75. The van der Waals surface area contributed by atoms with Gasteiger partial charge in [0.15, 0.2) is 17.4 Å². The summed E-state index contributed by atoms with van der Waals surface area (Å²) in [5.41, 5.74) is -0.0426. The quantitative estimate of drug-likeness (QED) is 0.814. The van der Waals surface area contributed by atoms with Crippen LogP contribution in [0.1, 0.15) is 19.8 Å². The summed E-state index contributed by atoms with van der Waals surface area (Å²) in [6.07, 6.45) is -0.238. The Labute approximate surface area is 166 Å². The SMILES string of the molecule is CC(=O)NC[C@H]1CN(c2cc(F)c(N3CCC4(CC3)OCCO4)c(F)c2)C(=O)O1. The minimum Gasteiger partial charge on any atom is -0.442 e. The molecule has 0 aromatic heterocycles. The van der Waals surface area contributed by atoms with Gasteiger partial charge in [0, 0.05) is 45.0 Å². The molecular formula is C19H23F2N3O5. The topological polar surface area (TPSA) is 80.3 Å². The first-order chi connectivity index (χ1) is 13.9. The highest BCUT2D eigenvalue weighted by Crippen LogP contribution is 2.36. The number of amides is 2. The van der Waals surface area contributed by atoms with E-state index in [4.69, 9.17) is 14.2 Å². The molecule has 0 radical (unpaired) electrons. The monoisotopic (exact) mass is 411 g/mol. The molecule has 0 aliphatic carbocycles. The van der Waals surface area contributed by atoms with Crippen molar-refractivity contribution in [1.29, 1.82) is 0 Å². The first-order valence-electron chi connectivity index (χ1n) is 9.61. The molecular weight excluding hydrogens is 388 g/mol. The largest absolute Gasteiger partial charge is 0.442 e. The van der Waals surface area contributed by atoms with E-state index in [0.29, 0.717) is 39.1 Å². The summed E-state index contributed by atoms with van der Waals surface area (Å²) in [5.74, 6) is -2.38.